The molecule has 20 heavy (non-hydrogen) atoms. The molecule has 1 unspecified atom stereocenters. The van der Waals surface area contributed by atoms with Crippen LogP contribution in [-0.4, -0.2) is 79.0 Å². The maximum absolute atomic E-state index is 12.0. The van der Waals surface area contributed by atoms with Crippen molar-refractivity contribution < 1.29 is 4.79 Å². The summed E-state index contributed by atoms with van der Waals surface area (Å²) in [6, 6.07) is 0.617. The molecule has 1 fully saturated rings. The first kappa shape index (κ1) is 17.3. The molecule has 1 rings (SSSR count). The summed E-state index contributed by atoms with van der Waals surface area (Å²) in [6.45, 7) is 3.64. The lowest BCUT2D eigenvalue weighted by atomic mass is 10.0. The van der Waals surface area contributed by atoms with Gasteiger partial charge in [-0.25, -0.2) is 0 Å². The minimum absolute atomic E-state index is 0.174. The van der Waals surface area contributed by atoms with Crippen molar-refractivity contribution in [2.24, 2.45) is 5.73 Å². The molecule has 0 bridgehead atoms. The number of amides is 1. The van der Waals surface area contributed by atoms with Gasteiger partial charge in [0.25, 0.3) is 0 Å². The molecule has 0 aromatic rings. The Kier molecular flexibility index (Phi) is 7.40. The molecule has 0 aromatic carbocycles. The van der Waals surface area contributed by atoms with Crippen LogP contribution in [-0.2, 0) is 4.79 Å². The van der Waals surface area contributed by atoms with Crippen molar-refractivity contribution in [2.45, 2.75) is 31.7 Å². The van der Waals surface area contributed by atoms with Gasteiger partial charge in [0.2, 0.25) is 5.91 Å². The van der Waals surface area contributed by atoms with Crippen LogP contribution in [0, 0.1) is 0 Å². The quantitative estimate of drug-likeness (QED) is 0.696. The number of hydrogen-bond donors (Lipinski definition) is 1. The summed E-state index contributed by atoms with van der Waals surface area (Å²) in [7, 11) is 6.07. The first-order valence-electron chi connectivity index (χ1n) is 7.31. The highest BCUT2D eigenvalue weighted by molar-refractivity contribution is 7.80. The minimum atomic E-state index is 0.174. The highest BCUT2D eigenvalue weighted by atomic mass is 32.1. The van der Waals surface area contributed by atoms with Gasteiger partial charge >= 0.3 is 0 Å². The van der Waals surface area contributed by atoms with Gasteiger partial charge in [0, 0.05) is 45.6 Å². The number of hydrogen-bond acceptors (Lipinski definition) is 4. The molecule has 1 saturated heterocycles. The van der Waals surface area contributed by atoms with Crippen LogP contribution in [0.25, 0.3) is 0 Å². The van der Waals surface area contributed by atoms with E-state index in [0.717, 1.165) is 19.6 Å². The Labute approximate surface area is 128 Å². The molecule has 2 N–H and O–H groups in total. The number of piperidine rings is 1. The second-order valence-corrected chi connectivity index (χ2v) is 6.37. The normalized spacial score (nSPS) is 20.1. The van der Waals surface area contributed by atoms with Crippen LogP contribution >= 0.6 is 12.2 Å². The van der Waals surface area contributed by atoms with Crippen molar-refractivity contribution in [2.75, 3.05) is 47.3 Å². The van der Waals surface area contributed by atoms with Crippen LogP contribution in [0.15, 0.2) is 0 Å². The minimum Gasteiger partial charge on any atom is -0.393 e. The van der Waals surface area contributed by atoms with E-state index in [1.807, 2.05) is 7.05 Å². The zero-order valence-corrected chi connectivity index (χ0v) is 13.8. The van der Waals surface area contributed by atoms with Crippen molar-refractivity contribution in [3.63, 3.8) is 0 Å². The van der Waals surface area contributed by atoms with E-state index in [0.29, 0.717) is 30.4 Å². The smallest absolute Gasteiger partial charge is 0.223 e. The molecule has 0 aliphatic carbocycles. The molecular weight excluding hydrogens is 272 g/mol. The monoisotopic (exact) mass is 300 g/mol. The average molecular weight is 300 g/mol. The molecular formula is C14H28N4OS. The van der Waals surface area contributed by atoms with E-state index in [9.17, 15) is 4.79 Å². The topological polar surface area (TPSA) is 52.8 Å². The molecule has 1 amide bonds. The second kappa shape index (κ2) is 8.54. The zero-order chi connectivity index (χ0) is 15.1. The van der Waals surface area contributed by atoms with Gasteiger partial charge in [-0.3, -0.25) is 4.79 Å². The van der Waals surface area contributed by atoms with Crippen molar-refractivity contribution >= 4 is 23.1 Å². The molecule has 116 valence electrons. The van der Waals surface area contributed by atoms with Gasteiger partial charge in [-0.2, -0.15) is 0 Å². The molecule has 1 aliphatic heterocycles. The summed E-state index contributed by atoms with van der Waals surface area (Å²) in [6.07, 6.45) is 3.65. The number of nitrogens with zero attached hydrogens (tertiary/aromatic N) is 3. The Hall–Kier alpha value is -0.720. The summed E-state index contributed by atoms with van der Waals surface area (Å²) >= 11 is 4.83. The largest absolute Gasteiger partial charge is 0.393 e. The summed E-state index contributed by atoms with van der Waals surface area (Å²) < 4.78 is 0. The molecule has 6 heteroatoms. The van der Waals surface area contributed by atoms with Gasteiger partial charge in [0.1, 0.15) is 0 Å². The van der Waals surface area contributed by atoms with Crippen LogP contribution in [0.2, 0.25) is 0 Å². The van der Waals surface area contributed by atoms with Gasteiger partial charge in [-0.05, 0) is 33.5 Å². The predicted molar refractivity (Wildman–Crippen MR) is 86.8 cm³/mol. The first-order valence-corrected chi connectivity index (χ1v) is 7.72. The van der Waals surface area contributed by atoms with E-state index in [1.54, 1.807) is 4.90 Å². The van der Waals surface area contributed by atoms with E-state index in [1.165, 1.54) is 12.8 Å². The fraction of sp³-hybridized carbons (Fsp3) is 0.857. The molecule has 0 radical (unpaired) electrons. The molecule has 0 saturated carbocycles. The lowest BCUT2D eigenvalue weighted by molar-refractivity contribution is -0.130. The fourth-order valence-corrected chi connectivity index (χ4v) is 2.59. The Morgan fingerprint density at radius 2 is 2.05 bits per heavy atom. The Morgan fingerprint density at radius 3 is 2.65 bits per heavy atom. The predicted octanol–water partition coefficient (Wildman–Crippen LogP) is 0.537. The van der Waals surface area contributed by atoms with E-state index in [-0.39, 0.29) is 5.91 Å². The van der Waals surface area contributed by atoms with Crippen LogP contribution in [0.1, 0.15) is 25.7 Å². The summed E-state index contributed by atoms with van der Waals surface area (Å²) in [5.41, 5.74) is 5.46. The van der Waals surface area contributed by atoms with Gasteiger partial charge in [-0.1, -0.05) is 12.2 Å². The van der Waals surface area contributed by atoms with E-state index >= 15 is 0 Å². The van der Waals surface area contributed by atoms with Gasteiger partial charge < -0.3 is 20.4 Å². The number of likely N-dealkylation sites (tertiary alicyclic amines) is 1. The summed E-state index contributed by atoms with van der Waals surface area (Å²) in [5, 5.41) is 0. The van der Waals surface area contributed by atoms with Gasteiger partial charge in [-0.15, -0.1) is 0 Å². The van der Waals surface area contributed by atoms with E-state index in [4.69, 9.17) is 18.0 Å². The highest BCUT2D eigenvalue weighted by Crippen LogP contribution is 2.14. The Morgan fingerprint density at radius 1 is 1.35 bits per heavy atom. The number of rotatable bonds is 7. The maximum atomic E-state index is 12.0. The molecule has 5 nitrogen and oxygen atoms in total. The number of likely N-dealkylation sites (N-methyl/N-ethyl adjacent to an activating group) is 1. The second-order valence-electron chi connectivity index (χ2n) is 5.84. The zero-order valence-electron chi connectivity index (χ0n) is 13.0. The van der Waals surface area contributed by atoms with Crippen molar-refractivity contribution in [1.82, 2.24) is 14.7 Å². The van der Waals surface area contributed by atoms with Crippen LogP contribution < -0.4 is 5.73 Å². The van der Waals surface area contributed by atoms with Crippen LogP contribution in [0.4, 0.5) is 0 Å². The molecule has 0 aromatic heterocycles. The summed E-state index contributed by atoms with van der Waals surface area (Å²) in [5.74, 6) is 0.174. The van der Waals surface area contributed by atoms with Gasteiger partial charge in [0.05, 0.1) is 4.99 Å². The van der Waals surface area contributed by atoms with E-state index in [2.05, 4.69) is 23.9 Å². The third-order valence-electron chi connectivity index (χ3n) is 3.97. The van der Waals surface area contributed by atoms with Crippen molar-refractivity contribution in [1.29, 1.82) is 0 Å². The van der Waals surface area contributed by atoms with Crippen LogP contribution in [0.5, 0.6) is 0 Å². The first-order chi connectivity index (χ1) is 9.40. The average Bonchev–Trinajstić information content (AvgIpc) is 2.42. The Balaban J connectivity index is 2.27. The molecule has 1 atom stereocenters. The van der Waals surface area contributed by atoms with Crippen molar-refractivity contribution in [3.05, 3.63) is 0 Å². The highest BCUT2D eigenvalue weighted by Gasteiger charge is 2.21. The number of thiocarbonyl (C=S) groups is 1. The lowest BCUT2D eigenvalue weighted by Crippen LogP contribution is -2.46. The van der Waals surface area contributed by atoms with Crippen molar-refractivity contribution in [3.8, 4) is 0 Å². The third kappa shape index (κ3) is 6.15. The van der Waals surface area contributed by atoms with Gasteiger partial charge in [0.15, 0.2) is 0 Å². The maximum Gasteiger partial charge on any atom is 0.223 e. The Bertz CT molecular complexity index is 335. The SMILES string of the molecule is CN(CCC(N)=S)C(=O)CCN1CCCC(N(C)C)C1. The third-order valence-corrected chi connectivity index (χ3v) is 4.18. The standard InChI is InChI=1S/C14H28N4OS/c1-16(2)12-5-4-8-18(11-12)10-7-14(19)17(3)9-6-13(15)20/h12H,4-11H2,1-3H3,(H2,15,20). The number of nitrogens with two attached hydrogens (primary N) is 1. The van der Waals surface area contributed by atoms with Crippen LogP contribution in [0.3, 0.4) is 0 Å². The number of carbonyl (C=O) groups is 1. The summed E-state index contributed by atoms with van der Waals surface area (Å²) in [4.78, 5) is 18.9. The van der Waals surface area contributed by atoms with E-state index < -0.39 is 0 Å². The molecule has 1 heterocycles. The number of carbonyl (C=O) groups excluding carboxylic acids is 1. The lowest BCUT2D eigenvalue weighted by Gasteiger charge is -2.36. The fourth-order valence-electron chi connectivity index (χ4n) is 2.50. The molecule has 0 spiro atoms. The molecule has 1 aliphatic rings.